The van der Waals surface area contributed by atoms with Gasteiger partial charge in [-0.15, -0.1) is 0 Å². The van der Waals surface area contributed by atoms with Crippen LogP contribution in [0.25, 0.3) is 0 Å². The Bertz CT molecular complexity index is 202. The Labute approximate surface area is 80.7 Å². The molecule has 0 aliphatic rings. The summed E-state index contributed by atoms with van der Waals surface area (Å²) >= 11 is 4.19. The zero-order valence-corrected chi connectivity index (χ0v) is 8.75. The third-order valence-corrected chi connectivity index (χ3v) is 2.68. The third kappa shape index (κ3) is 1.70. The molecule has 0 aromatic heterocycles. The first-order valence-electron chi connectivity index (χ1n) is 2.35. The fourth-order valence-corrected chi connectivity index (χ4v) is 2.00. The van der Waals surface area contributed by atoms with Crippen LogP contribution < -0.4 is 0 Å². The number of rotatable bonds is 0. The number of phenols is 1. The van der Waals surface area contributed by atoms with Crippen LogP contribution in [0.4, 0.5) is 0 Å². The van der Waals surface area contributed by atoms with Crippen molar-refractivity contribution in [3.8, 4) is 5.75 Å². The summed E-state index contributed by atoms with van der Waals surface area (Å²) < 4.78 is 1.80. The molecular formula is C6H4I2O. The minimum atomic E-state index is 0.388. The standard InChI is InChI=1S/C6H4I2O/c7-4-2-1-3-5(8)6(4)9/h1-3,9H/i7-2,8-2. The van der Waals surface area contributed by atoms with Gasteiger partial charge >= 0.3 is 0 Å². The van der Waals surface area contributed by atoms with Crippen molar-refractivity contribution in [1.29, 1.82) is 0 Å². The van der Waals surface area contributed by atoms with Gasteiger partial charge in [0.25, 0.3) is 0 Å². The van der Waals surface area contributed by atoms with Gasteiger partial charge in [-0.2, -0.15) is 0 Å². The van der Waals surface area contributed by atoms with Crippen LogP contribution in [0.1, 0.15) is 0 Å². The van der Waals surface area contributed by atoms with E-state index in [1.807, 2.05) is 18.2 Å². The first kappa shape index (κ1) is 7.59. The molecule has 1 rings (SSSR count). The van der Waals surface area contributed by atoms with Gasteiger partial charge in [-0.25, -0.2) is 0 Å². The number of benzene rings is 1. The summed E-state index contributed by atoms with van der Waals surface area (Å²) in [6.07, 6.45) is 0. The van der Waals surface area contributed by atoms with Crippen molar-refractivity contribution < 1.29 is 5.11 Å². The molecule has 0 amide bonds. The summed E-state index contributed by atoms with van der Waals surface area (Å²) in [5.74, 6) is 0.388. The molecule has 0 saturated heterocycles. The second-order valence-corrected chi connectivity index (χ2v) is 3.89. The third-order valence-electron chi connectivity index (χ3n) is 0.938. The maximum absolute atomic E-state index is 9.19. The monoisotopic (exact) mass is 342 g/mol. The molecule has 1 aromatic carbocycles. The average Bonchev–Trinajstić information content (AvgIpc) is 1.83. The van der Waals surface area contributed by atoms with E-state index in [1.54, 1.807) is 0 Å². The Morgan fingerprint density at radius 1 is 1.11 bits per heavy atom. The molecule has 0 atom stereocenters. The molecule has 0 bridgehead atoms. The molecule has 1 nitrogen and oxygen atoms in total. The average molecular weight is 342 g/mol. The van der Waals surface area contributed by atoms with Crippen LogP contribution >= 0.6 is 45.2 Å². The first-order chi connectivity index (χ1) is 4.22. The molecule has 48 valence electrons. The summed E-state index contributed by atoms with van der Waals surface area (Å²) in [6, 6.07) is 5.67. The summed E-state index contributed by atoms with van der Waals surface area (Å²) in [7, 11) is 0. The highest BCUT2D eigenvalue weighted by Crippen LogP contribution is 2.24. The lowest BCUT2D eigenvalue weighted by Gasteiger charge is -1.96. The van der Waals surface area contributed by atoms with Crippen molar-refractivity contribution >= 4 is 45.2 Å². The van der Waals surface area contributed by atoms with E-state index in [0.29, 0.717) is 5.75 Å². The molecule has 0 aliphatic heterocycles. The Kier molecular flexibility index (Phi) is 2.57. The van der Waals surface area contributed by atoms with E-state index in [-0.39, 0.29) is 0 Å². The van der Waals surface area contributed by atoms with E-state index in [0.717, 1.165) is 7.14 Å². The van der Waals surface area contributed by atoms with E-state index < -0.39 is 0 Å². The summed E-state index contributed by atoms with van der Waals surface area (Å²) in [6.45, 7) is 0. The highest BCUT2D eigenvalue weighted by molar-refractivity contribution is 14.1. The van der Waals surface area contributed by atoms with Crippen LogP contribution in [0.2, 0.25) is 0 Å². The van der Waals surface area contributed by atoms with Crippen LogP contribution in [-0.2, 0) is 0 Å². The number of hydrogen-bond acceptors (Lipinski definition) is 1. The summed E-state index contributed by atoms with van der Waals surface area (Å²) in [5.41, 5.74) is 0. The fraction of sp³-hybridized carbons (Fsp3) is 0. The zero-order valence-electron chi connectivity index (χ0n) is 4.44. The molecule has 1 N–H and O–H groups in total. The normalized spacial score (nSPS) is 9.56. The number of phenolic OH excluding ortho intramolecular Hbond substituents is 1. The van der Waals surface area contributed by atoms with Gasteiger partial charge in [0.15, 0.2) is 0 Å². The van der Waals surface area contributed by atoms with E-state index in [1.165, 1.54) is 0 Å². The van der Waals surface area contributed by atoms with Crippen molar-refractivity contribution in [3.63, 3.8) is 0 Å². The van der Waals surface area contributed by atoms with Gasteiger partial charge in [-0.3, -0.25) is 0 Å². The molecular weight excluding hydrogens is 338 g/mol. The van der Waals surface area contributed by atoms with Crippen LogP contribution in [0.5, 0.6) is 5.75 Å². The van der Waals surface area contributed by atoms with E-state index >= 15 is 0 Å². The van der Waals surface area contributed by atoms with Gasteiger partial charge < -0.3 is 5.11 Å². The molecule has 0 fully saturated rings. The van der Waals surface area contributed by atoms with Crippen LogP contribution in [0.3, 0.4) is 0 Å². The molecule has 0 unspecified atom stereocenters. The van der Waals surface area contributed by atoms with Crippen LogP contribution in [0.15, 0.2) is 18.2 Å². The maximum Gasteiger partial charge on any atom is 0.142 e. The van der Waals surface area contributed by atoms with Gasteiger partial charge in [-0.05, 0) is 57.3 Å². The number of para-hydroxylation sites is 1. The van der Waals surface area contributed by atoms with Gasteiger partial charge in [0.05, 0.1) is 7.14 Å². The molecule has 9 heavy (non-hydrogen) atoms. The number of aromatic hydroxyl groups is 1. The number of hydrogen-bond donors (Lipinski definition) is 1. The molecule has 0 heterocycles. The predicted octanol–water partition coefficient (Wildman–Crippen LogP) is 2.60. The Hall–Kier alpha value is 0.480. The van der Waals surface area contributed by atoms with Crippen LogP contribution in [0, 0.1) is 7.14 Å². The van der Waals surface area contributed by atoms with Crippen molar-refractivity contribution in [3.05, 3.63) is 25.3 Å². The molecule has 0 radical (unpaired) electrons. The molecule has 0 saturated carbocycles. The lowest BCUT2D eigenvalue weighted by atomic mass is 10.3. The molecule has 0 spiro atoms. The van der Waals surface area contributed by atoms with Crippen molar-refractivity contribution in [2.24, 2.45) is 0 Å². The smallest absolute Gasteiger partial charge is 0.142 e. The highest BCUT2D eigenvalue weighted by Gasteiger charge is 1.98. The largest absolute Gasteiger partial charge is 0.506 e. The minimum absolute atomic E-state index is 0.388. The van der Waals surface area contributed by atoms with Gasteiger partial charge in [0, 0.05) is 0 Å². The Morgan fingerprint density at radius 2 is 1.56 bits per heavy atom. The topological polar surface area (TPSA) is 20.2 Å². The number of halogens is 2. The minimum Gasteiger partial charge on any atom is -0.506 e. The lowest BCUT2D eigenvalue weighted by molar-refractivity contribution is 0.467. The van der Waals surface area contributed by atoms with E-state index in [9.17, 15) is 5.11 Å². The first-order valence-corrected chi connectivity index (χ1v) is 4.50. The summed E-state index contributed by atoms with van der Waals surface area (Å²) in [5, 5.41) is 9.19. The van der Waals surface area contributed by atoms with Gasteiger partial charge in [0.2, 0.25) is 0 Å². The maximum atomic E-state index is 9.19. The quantitative estimate of drug-likeness (QED) is 0.719. The highest BCUT2D eigenvalue weighted by atomic mass is 125. The second kappa shape index (κ2) is 3.05. The molecule has 1 aromatic rings. The van der Waals surface area contributed by atoms with Crippen molar-refractivity contribution in [2.75, 3.05) is 0 Å². The molecule has 3 heteroatoms. The predicted molar refractivity (Wildman–Crippen MR) is 53.5 cm³/mol. The summed E-state index contributed by atoms with van der Waals surface area (Å²) in [4.78, 5) is 0. The van der Waals surface area contributed by atoms with Gasteiger partial charge in [0.1, 0.15) is 5.75 Å². The Balaban J connectivity index is 3.25. The van der Waals surface area contributed by atoms with Gasteiger partial charge in [-0.1, -0.05) is 6.07 Å². The lowest BCUT2D eigenvalue weighted by Crippen LogP contribution is -1.75. The van der Waals surface area contributed by atoms with Crippen molar-refractivity contribution in [2.45, 2.75) is 0 Å². The van der Waals surface area contributed by atoms with E-state index in [2.05, 4.69) is 45.2 Å². The Morgan fingerprint density at radius 3 is 1.89 bits per heavy atom. The van der Waals surface area contributed by atoms with Crippen LogP contribution in [-0.4, -0.2) is 5.11 Å². The SMILES string of the molecule is Oc1c([125I])cccc1[125I]. The molecule has 0 aliphatic carbocycles. The second-order valence-electron chi connectivity index (χ2n) is 1.57. The zero-order chi connectivity index (χ0) is 6.85. The van der Waals surface area contributed by atoms with E-state index in [4.69, 9.17) is 0 Å². The van der Waals surface area contributed by atoms with Crippen molar-refractivity contribution in [1.82, 2.24) is 0 Å². The fourth-order valence-electron chi connectivity index (χ4n) is 0.489.